The van der Waals surface area contributed by atoms with Crippen molar-refractivity contribution in [3.8, 4) is 0 Å². The van der Waals surface area contributed by atoms with Crippen molar-refractivity contribution in [2.45, 2.75) is 18.8 Å². The Hall–Kier alpha value is -2.48. The lowest BCUT2D eigenvalue weighted by Crippen LogP contribution is -2.11. The number of para-hydroxylation sites is 1. The van der Waals surface area contributed by atoms with Crippen LogP contribution in [0.4, 0.5) is 0 Å². The van der Waals surface area contributed by atoms with E-state index in [0.29, 0.717) is 0 Å². The van der Waals surface area contributed by atoms with E-state index in [4.69, 9.17) is 0 Å². The summed E-state index contributed by atoms with van der Waals surface area (Å²) < 4.78 is 0. The Morgan fingerprint density at radius 2 is 1.86 bits per heavy atom. The summed E-state index contributed by atoms with van der Waals surface area (Å²) in [5.74, 6) is 0.179. The molecule has 0 spiro atoms. The van der Waals surface area contributed by atoms with E-state index in [1.807, 2.05) is 42.5 Å². The van der Waals surface area contributed by atoms with Crippen LogP contribution < -0.4 is 0 Å². The summed E-state index contributed by atoms with van der Waals surface area (Å²) in [6.45, 7) is 0. The van der Waals surface area contributed by atoms with Crippen molar-refractivity contribution >= 4 is 16.7 Å². The summed E-state index contributed by atoms with van der Waals surface area (Å²) in [7, 11) is 0. The minimum atomic E-state index is -0.0196. The van der Waals surface area contributed by atoms with Crippen molar-refractivity contribution < 1.29 is 4.79 Å². The molecule has 1 heterocycles. The molecule has 2 heteroatoms. The van der Waals surface area contributed by atoms with Gasteiger partial charge >= 0.3 is 0 Å². The summed E-state index contributed by atoms with van der Waals surface area (Å²) in [4.78, 5) is 17.4. The van der Waals surface area contributed by atoms with Gasteiger partial charge in [0.05, 0.1) is 5.52 Å². The number of Topliss-reactive ketones (excluding diaryl/α,β-unsaturated/α-hetero) is 1. The van der Waals surface area contributed by atoms with Gasteiger partial charge in [0, 0.05) is 23.1 Å². The Labute approximate surface area is 123 Å². The smallest absolute Gasteiger partial charge is 0.172 e. The van der Waals surface area contributed by atoms with Crippen molar-refractivity contribution in [1.29, 1.82) is 0 Å². The molecule has 2 nitrogen and oxygen atoms in total. The summed E-state index contributed by atoms with van der Waals surface area (Å²) >= 11 is 0. The number of carbonyl (C=O) groups excluding carboxylic acids is 1. The van der Waals surface area contributed by atoms with Gasteiger partial charge in [0.15, 0.2) is 5.78 Å². The lowest BCUT2D eigenvalue weighted by molar-refractivity contribution is 0.0961. The Balaban J connectivity index is 1.82. The number of nitrogens with zero attached hydrogens (tertiary/aromatic N) is 1. The number of pyridine rings is 1. The third-order valence-corrected chi connectivity index (χ3v) is 4.35. The molecule has 21 heavy (non-hydrogen) atoms. The number of carbonyl (C=O) groups is 1. The number of rotatable bonds is 2. The first-order chi connectivity index (χ1) is 10.3. The van der Waals surface area contributed by atoms with E-state index in [2.05, 4.69) is 17.1 Å². The topological polar surface area (TPSA) is 30.0 Å². The van der Waals surface area contributed by atoms with Crippen LogP contribution in [0, 0.1) is 0 Å². The summed E-state index contributed by atoms with van der Waals surface area (Å²) in [6.07, 6.45) is 3.65. The number of hydrogen-bond donors (Lipinski definition) is 0. The van der Waals surface area contributed by atoms with Crippen LogP contribution in [0.25, 0.3) is 10.9 Å². The Morgan fingerprint density at radius 1 is 1.00 bits per heavy atom. The molecule has 1 unspecified atom stereocenters. The third kappa shape index (κ3) is 1.95. The van der Waals surface area contributed by atoms with Crippen molar-refractivity contribution in [1.82, 2.24) is 4.98 Å². The Bertz CT molecular complexity index is 832. The molecular weight excluding hydrogens is 258 g/mol. The number of benzene rings is 2. The van der Waals surface area contributed by atoms with Crippen LogP contribution in [0.3, 0.4) is 0 Å². The van der Waals surface area contributed by atoms with E-state index in [-0.39, 0.29) is 11.7 Å². The van der Waals surface area contributed by atoms with Crippen LogP contribution in [0.1, 0.15) is 33.8 Å². The Kier molecular flexibility index (Phi) is 2.81. The monoisotopic (exact) mass is 273 g/mol. The molecule has 0 amide bonds. The highest BCUT2D eigenvalue weighted by Crippen LogP contribution is 2.36. The molecule has 1 aliphatic carbocycles. The lowest BCUT2D eigenvalue weighted by Gasteiger charge is -2.12. The molecule has 0 saturated carbocycles. The van der Waals surface area contributed by atoms with Gasteiger partial charge in [-0.1, -0.05) is 42.5 Å². The van der Waals surface area contributed by atoms with E-state index >= 15 is 0 Å². The second-order valence-corrected chi connectivity index (χ2v) is 5.54. The zero-order valence-electron chi connectivity index (χ0n) is 11.6. The molecular formula is C19H15NO. The first-order valence-corrected chi connectivity index (χ1v) is 7.30. The fraction of sp³-hybridized carbons (Fsp3) is 0.158. The van der Waals surface area contributed by atoms with E-state index in [1.54, 1.807) is 6.20 Å². The van der Waals surface area contributed by atoms with Gasteiger partial charge < -0.3 is 0 Å². The van der Waals surface area contributed by atoms with Crippen LogP contribution in [0.15, 0.2) is 60.8 Å². The van der Waals surface area contributed by atoms with Gasteiger partial charge in [-0.15, -0.1) is 0 Å². The quantitative estimate of drug-likeness (QED) is 0.657. The largest absolute Gasteiger partial charge is 0.293 e. The second kappa shape index (κ2) is 4.81. The van der Waals surface area contributed by atoms with Gasteiger partial charge in [-0.05, 0) is 36.1 Å². The molecule has 102 valence electrons. The van der Waals surface area contributed by atoms with Crippen molar-refractivity contribution in [2.24, 2.45) is 0 Å². The van der Waals surface area contributed by atoms with Gasteiger partial charge in [-0.2, -0.15) is 0 Å². The molecule has 1 aliphatic rings. The van der Waals surface area contributed by atoms with Crippen LogP contribution in [0.5, 0.6) is 0 Å². The number of hydrogen-bond acceptors (Lipinski definition) is 2. The minimum Gasteiger partial charge on any atom is -0.293 e. The predicted molar refractivity (Wildman–Crippen MR) is 83.6 cm³/mol. The second-order valence-electron chi connectivity index (χ2n) is 5.54. The third-order valence-electron chi connectivity index (χ3n) is 4.35. The first-order valence-electron chi connectivity index (χ1n) is 7.30. The van der Waals surface area contributed by atoms with E-state index in [0.717, 1.165) is 29.3 Å². The first kappa shape index (κ1) is 12.3. The van der Waals surface area contributed by atoms with Gasteiger partial charge in [-0.3, -0.25) is 9.78 Å². The van der Waals surface area contributed by atoms with Crippen LogP contribution in [-0.4, -0.2) is 10.8 Å². The highest BCUT2D eigenvalue weighted by atomic mass is 16.1. The molecule has 0 aliphatic heterocycles. The normalized spacial score (nSPS) is 16.9. The highest BCUT2D eigenvalue weighted by Gasteiger charge is 2.29. The zero-order valence-corrected chi connectivity index (χ0v) is 11.6. The average molecular weight is 273 g/mol. The van der Waals surface area contributed by atoms with Gasteiger partial charge in [-0.25, -0.2) is 0 Å². The van der Waals surface area contributed by atoms with Crippen LogP contribution in [0.2, 0.25) is 0 Å². The molecule has 1 atom stereocenters. The SMILES string of the molecule is O=C(c1cccc2cccnc12)C1CCc2ccccc21. The number of fused-ring (bicyclic) bond motifs is 2. The number of ketones is 1. The molecule has 3 aromatic rings. The van der Waals surface area contributed by atoms with Crippen molar-refractivity contribution in [3.05, 3.63) is 77.5 Å². The molecule has 0 N–H and O–H groups in total. The standard InChI is InChI=1S/C19H15NO/c21-19(16-11-10-13-5-1-2-8-15(13)16)17-9-3-6-14-7-4-12-20-18(14)17/h1-9,12,16H,10-11H2. The molecule has 4 rings (SSSR count). The highest BCUT2D eigenvalue weighted by molar-refractivity contribution is 6.10. The average Bonchev–Trinajstić information content (AvgIpc) is 2.98. The fourth-order valence-electron chi connectivity index (χ4n) is 3.32. The van der Waals surface area contributed by atoms with E-state index in [9.17, 15) is 4.79 Å². The maximum atomic E-state index is 13.0. The number of aryl methyl sites for hydroxylation is 1. The maximum Gasteiger partial charge on any atom is 0.172 e. The summed E-state index contributed by atoms with van der Waals surface area (Å²) in [5.41, 5.74) is 4.06. The molecule has 0 saturated heterocycles. The molecule has 2 aromatic carbocycles. The van der Waals surface area contributed by atoms with Crippen LogP contribution in [-0.2, 0) is 6.42 Å². The maximum absolute atomic E-state index is 13.0. The summed E-state index contributed by atoms with van der Waals surface area (Å²) in [5, 5.41) is 1.02. The van der Waals surface area contributed by atoms with Gasteiger partial charge in [0.1, 0.15) is 0 Å². The zero-order chi connectivity index (χ0) is 14.2. The van der Waals surface area contributed by atoms with Crippen molar-refractivity contribution in [2.75, 3.05) is 0 Å². The molecule has 0 radical (unpaired) electrons. The van der Waals surface area contributed by atoms with Crippen LogP contribution >= 0.6 is 0 Å². The molecule has 0 fully saturated rings. The van der Waals surface area contributed by atoms with Gasteiger partial charge in [0.2, 0.25) is 0 Å². The lowest BCUT2D eigenvalue weighted by atomic mass is 9.91. The fourth-order valence-corrected chi connectivity index (χ4v) is 3.32. The van der Waals surface area contributed by atoms with E-state index < -0.39 is 0 Å². The Morgan fingerprint density at radius 3 is 2.81 bits per heavy atom. The minimum absolute atomic E-state index is 0.0196. The molecule has 0 bridgehead atoms. The van der Waals surface area contributed by atoms with E-state index in [1.165, 1.54) is 11.1 Å². The predicted octanol–water partition coefficient (Wildman–Crippen LogP) is 4.15. The number of aromatic nitrogens is 1. The molecule has 1 aromatic heterocycles. The summed E-state index contributed by atoms with van der Waals surface area (Å²) in [6, 6.07) is 18.0. The van der Waals surface area contributed by atoms with Gasteiger partial charge in [0.25, 0.3) is 0 Å². The van der Waals surface area contributed by atoms with Crippen molar-refractivity contribution in [3.63, 3.8) is 0 Å².